The third-order valence-electron chi connectivity index (χ3n) is 2.85. The maximum absolute atomic E-state index is 12.2. The van der Waals surface area contributed by atoms with Crippen molar-refractivity contribution in [2.75, 3.05) is 12.8 Å². The lowest BCUT2D eigenvalue weighted by Crippen LogP contribution is -2.26. The Balaban J connectivity index is 2.12. The van der Waals surface area contributed by atoms with Crippen LogP contribution in [0, 0.1) is 6.92 Å². The second-order valence-corrected chi connectivity index (χ2v) is 5.73. The van der Waals surface area contributed by atoms with Crippen molar-refractivity contribution in [2.45, 2.75) is 19.9 Å². The minimum Gasteiger partial charge on any atom is -0.495 e. The van der Waals surface area contributed by atoms with E-state index in [0.29, 0.717) is 17.0 Å². The highest BCUT2D eigenvalue weighted by Crippen LogP contribution is 2.23. The zero-order valence-electron chi connectivity index (χ0n) is 11.6. The second kappa shape index (κ2) is 5.92. The zero-order chi connectivity index (χ0) is 14.7. The number of rotatable bonds is 4. The number of ether oxygens (including phenoxy) is 1. The predicted octanol–water partition coefficient (Wildman–Crippen LogP) is 2.53. The van der Waals surface area contributed by atoms with Crippen LogP contribution in [0.25, 0.3) is 0 Å². The molecule has 1 unspecified atom stereocenters. The first-order valence-corrected chi connectivity index (χ1v) is 6.99. The van der Waals surface area contributed by atoms with Gasteiger partial charge in [-0.15, -0.1) is 11.3 Å². The number of carbonyl (C=O) groups excluding carboxylic acids is 1. The first-order valence-electron chi connectivity index (χ1n) is 6.18. The summed E-state index contributed by atoms with van der Waals surface area (Å²) in [5.74, 6) is 0.319. The van der Waals surface area contributed by atoms with E-state index in [1.54, 1.807) is 35.7 Å². The Kier molecular flexibility index (Phi) is 4.24. The summed E-state index contributed by atoms with van der Waals surface area (Å²) in [6.45, 7) is 3.89. The molecule has 3 N–H and O–H groups in total. The van der Waals surface area contributed by atoms with Crippen molar-refractivity contribution in [3.8, 4) is 5.75 Å². The van der Waals surface area contributed by atoms with Gasteiger partial charge in [-0.1, -0.05) is 0 Å². The molecular weight excluding hydrogens is 274 g/mol. The average molecular weight is 291 g/mol. The Morgan fingerprint density at radius 2 is 2.25 bits per heavy atom. The van der Waals surface area contributed by atoms with E-state index in [1.807, 2.05) is 13.8 Å². The molecule has 0 aliphatic heterocycles. The van der Waals surface area contributed by atoms with Crippen LogP contribution < -0.4 is 15.8 Å². The summed E-state index contributed by atoms with van der Waals surface area (Å²) in [6, 6.07) is 4.83. The number of anilines is 1. The third-order valence-corrected chi connectivity index (χ3v) is 3.95. The molecular formula is C14H17N3O2S. The van der Waals surface area contributed by atoms with Crippen LogP contribution in [-0.2, 0) is 0 Å². The molecule has 0 bridgehead atoms. The van der Waals surface area contributed by atoms with Crippen LogP contribution in [-0.4, -0.2) is 18.0 Å². The molecule has 1 heterocycles. The van der Waals surface area contributed by atoms with E-state index in [1.165, 1.54) is 7.11 Å². The van der Waals surface area contributed by atoms with Crippen molar-refractivity contribution in [3.63, 3.8) is 0 Å². The van der Waals surface area contributed by atoms with E-state index in [2.05, 4.69) is 10.3 Å². The van der Waals surface area contributed by atoms with Gasteiger partial charge in [0.25, 0.3) is 5.91 Å². The Labute approximate surface area is 121 Å². The van der Waals surface area contributed by atoms with Crippen molar-refractivity contribution in [1.82, 2.24) is 10.3 Å². The van der Waals surface area contributed by atoms with E-state index in [-0.39, 0.29) is 11.9 Å². The fourth-order valence-electron chi connectivity index (χ4n) is 1.77. The molecule has 1 aromatic carbocycles. The highest BCUT2D eigenvalue weighted by atomic mass is 32.1. The van der Waals surface area contributed by atoms with Gasteiger partial charge in [0.15, 0.2) is 0 Å². The molecule has 1 aromatic heterocycles. The lowest BCUT2D eigenvalue weighted by atomic mass is 10.1. The van der Waals surface area contributed by atoms with Crippen molar-refractivity contribution in [3.05, 3.63) is 39.8 Å². The fraction of sp³-hybridized carbons (Fsp3) is 0.286. The van der Waals surface area contributed by atoms with Gasteiger partial charge in [0.1, 0.15) is 10.8 Å². The Morgan fingerprint density at radius 1 is 1.50 bits per heavy atom. The van der Waals surface area contributed by atoms with Gasteiger partial charge in [0.2, 0.25) is 0 Å². The maximum Gasteiger partial charge on any atom is 0.251 e. The molecule has 0 aliphatic carbocycles. The normalized spacial score (nSPS) is 11.9. The van der Waals surface area contributed by atoms with E-state index in [4.69, 9.17) is 10.5 Å². The number of nitrogens with one attached hydrogen (secondary N) is 1. The number of benzene rings is 1. The highest BCUT2D eigenvalue weighted by molar-refractivity contribution is 7.11. The molecule has 0 saturated heterocycles. The molecule has 1 atom stereocenters. The van der Waals surface area contributed by atoms with E-state index in [9.17, 15) is 4.79 Å². The smallest absolute Gasteiger partial charge is 0.251 e. The molecule has 0 radical (unpaired) electrons. The van der Waals surface area contributed by atoms with Crippen LogP contribution in [0.2, 0.25) is 0 Å². The zero-order valence-corrected chi connectivity index (χ0v) is 12.5. The highest BCUT2D eigenvalue weighted by Gasteiger charge is 2.15. The largest absolute Gasteiger partial charge is 0.495 e. The van der Waals surface area contributed by atoms with Crippen LogP contribution in [0.5, 0.6) is 5.75 Å². The number of hydrogen-bond donors (Lipinski definition) is 2. The standard InChI is InChI=1S/C14H17N3O2S/c1-8-7-16-14(20-8)9(2)17-13(18)10-4-5-11(15)12(6-10)19-3/h4-7,9H,15H2,1-3H3,(H,17,18). The van der Waals surface area contributed by atoms with Crippen LogP contribution in [0.1, 0.15) is 33.2 Å². The first kappa shape index (κ1) is 14.3. The Bertz CT molecular complexity index is 625. The number of methoxy groups -OCH3 is 1. The average Bonchev–Trinajstić information content (AvgIpc) is 2.86. The van der Waals surface area contributed by atoms with E-state index >= 15 is 0 Å². The number of hydrogen-bond acceptors (Lipinski definition) is 5. The SMILES string of the molecule is COc1cc(C(=O)NC(C)c2ncc(C)s2)ccc1N. The quantitative estimate of drug-likeness (QED) is 0.849. The fourth-order valence-corrected chi connectivity index (χ4v) is 2.54. The van der Waals surface area contributed by atoms with Crippen LogP contribution in [0.4, 0.5) is 5.69 Å². The predicted molar refractivity (Wildman–Crippen MR) is 80.1 cm³/mol. The molecule has 6 heteroatoms. The van der Waals surface area contributed by atoms with Gasteiger partial charge in [-0.25, -0.2) is 4.98 Å². The summed E-state index contributed by atoms with van der Waals surface area (Å²) in [6.07, 6.45) is 1.80. The minimum atomic E-state index is -0.177. The summed E-state index contributed by atoms with van der Waals surface area (Å²) in [5, 5.41) is 3.80. The molecule has 0 saturated carbocycles. The number of amides is 1. The first-order chi connectivity index (χ1) is 9.51. The number of thiazole rings is 1. The van der Waals surface area contributed by atoms with Crippen molar-refractivity contribution >= 4 is 22.9 Å². The van der Waals surface area contributed by atoms with Gasteiger partial charge in [-0.3, -0.25) is 4.79 Å². The molecule has 0 fully saturated rings. The van der Waals surface area contributed by atoms with Crippen molar-refractivity contribution < 1.29 is 9.53 Å². The van der Waals surface area contributed by atoms with Gasteiger partial charge in [0, 0.05) is 16.6 Å². The monoisotopic (exact) mass is 291 g/mol. The number of nitrogen functional groups attached to an aromatic ring is 1. The van der Waals surface area contributed by atoms with Gasteiger partial charge >= 0.3 is 0 Å². The molecule has 106 valence electrons. The molecule has 0 aliphatic rings. The summed E-state index contributed by atoms with van der Waals surface area (Å²) >= 11 is 1.57. The van der Waals surface area contributed by atoms with Crippen molar-refractivity contribution in [2.24, 2.45) is 0 Å². The summed E-state index contributed by atoms with van der Waals surface area (Å²) in [7, 11) is 1.52. The number of carbonyl (C=O) groups is 1. The molecule has 5 nitrogen and oxygen atoms in total. The maximum atomic E-state index is 12.2. The van der Waals surface area contributed by atoms with Crippen LogP contribution in [0.15, 0.2) is 24.4 Å². The van der Waals surface area contributed by atoms with Gasteiger partial charge in [-0.2, -0.15) is 0 Å². The molecule has 2 aromatic rings. The third kappa shape index (κ3) is 3.08. The van der Waals surface area contributed by atoms with Crippen LogP contribution in [0.3, 0.4) is 0 Å². The lowest BCUT2D eigenvalue weighted by Gasteiger charge is -2.12. The number of aryl methyl sites for hydroxylation is 1. The topological polar surface area (TPSA) is 77.2 Å². The van der Waals surface area contributed by atoms with Gasteiger partial charge in [-0.05, 0) is 32.0 Å². The Hall–Kier alpha value is -2.08. The summed E-state index contributed by atoms with van der Waals surface area (Å²) < 4.78 is 5.11. The van der Waals surface area contributed by atoms with E-state index in [0.717, 1.165) is 9.88 Å². The number of aromatic nitrogens is 1. The van der Waals surface area contributed by atoms with Crippen LogP contribution >= 0.6 is 11.3 Å². The molecule has 20 heavy (non-hydrogen) atoms. The minimum absolute atomic E-state index is 0.134. The molecule has 2 rings (SSSR count). The summed E-state index contributed by atoms with van der Waals surface area (Å²) in [4.78, 5) is 17.6. The van der Waals surface area contributed by atoms with E-state index < -0.39 is 0 Å². The van der Waals surface area contributed by atoms with Gasteiger partial charge < -0.3 is 15.8 Å². The number of nitrogens with two attached hydrogens (primary N) is 1. The van der Waals surface area contributed by atoms with Gasteiger partial charge in [0.05, 0.1) is 18.8 Å². The Morgan fingerprint density at radius 3 is 2.85 bits per heavy atom. The number of nitrogens with zero attached hydrogens (tertiary/aromatic N) is 1. The van der Waals surface area contributed by atoms with Crippen molar-refractivity contribution in [1.29, 1.82) is 0 Å². The lowest BCUT2D eigenvalue weighted by molar-refractivity contribution is 0.0939. The molecule has 0 spiro atoms. The second-order valence-electron chi connectivity index (χ2n) is 4.46. The molecule has 1 amide bonds. The summed E-state index contributed by atoms with van der Waals surface area (Å²) in [5.41, 5.74) is 6.75.